The monoisotopic (exact) mass is 224 g/mol. The predicted molar refractivity (Wildman–Crippen MR) is 55.9 cm³/mol. The molecule has 86 valence electrons. The van der Waals surface area contributed by atoms with E-state index < -0.39 is 23.6 Å². The third-order valence-corrected chi connectivity index (χ3v) is 2.54. The average Bonchev–Trinajstić information content (AvgIpc) is 2.53. The van der Waals surface area contributed by atoms with Crippen molar-refractivity contribution >= 4 is 0 Å². The number of hydrogen-bond donors (Lipinski definition) is 2. The zero-order valence-electron chi connectivity index (χ0n) is 8.77. The van der Waals surface area contributed by atoms with Crippen molar-refractivity contribution in [3.8, 4) is 0 Å². The van der Waals surface area contributed by atoms with Crippen molar-refractivity contribution in [2.24, 2.45) is 0 Å². The van der Waals surface area contributed by atoms with Crippen LogP contribution in [-0.4, -0.2) is 20.8 Å². The van der Waals surface area contributed by atoms with E-state index in [1.54, 1.807) is 6.92 Å². The van der Waals surface area contributed by atoms with E-state index in [9.17, 15) is 14.7 Å². The molecule has 1 aliphatic heterocycles. The molecule has 0 radical (unpaired) electrons. The van der Waals surface area contributed by atoms with Crippen LogP contribution in [0, 0.1) is 6.92 Å². The number of ether oxygens (including phenoxy) is 1. The second-order valence-corrected chi connectivity index (χ2v) is 3.77. The average molecular weight is 224 g/mol. The molecule has 0 aliphatic carbocycles. The quantitative estimate of drug-likeness (QED) is 0.682. The molecule has 2 atom stereocenters. The van der Waals surface area contributed by atoms with E-state index in [0.717, 1.165) is 0 Å². The van der Waals surface area contributed by atoms with Gasteiger partial charge in [0, 0.05) is 18.2 Å². The lowest BCUT2D eigenvalue weighted by Crippen LogP contribution is -2.33. The summed E-state index contributed by atoms with van der Waals surface area (Å²) in [7, 11) is 0. The molecule has 2 heterocycles. The van der Waals surface area contributed by atoms with E-state index >= 15 is 0 Å². The second kappa shape index (κ2) is 3.64. The minimum Gasteiger partial charge on any atom is -0.472 e. The van der Waals surface area contributed by atoms with E-state index in [1.807, 2.05) is 0 Å². The highest BCUT2D eigenvalue weighted by Crippen LogP contribution is 2.28. The van der Waals surface area contributed by atoms with Gasteiger partial charge in [-0.1, -0.05) is 6.58 Å². The van der Waals surface area contributed by atoms with E-state index in [4.69, 9.17) is 4.74 Å². The predicted octanol–water partition coefficient (Wildman–Crippen LogP) is -0.361. The summed E-state index contributed by atoms with van der Waals surface area (Å²) in [6, 6.07) is 0. The van der Waals surface area contributed by atoms with Crippen LogP contribution in [0.5, 0.6) is 0 Å². The lowest BCUT2D eigenvalue weighted by Gasteiger charge is -2.13. The summed E-state index contributed by atoms with van der Waals surface area (Å²) < 4.78 is 6.48. The first-order valence-electron chi connectivity index (χ1n) is 4.84. The van der Waals surface area contributed by atoms with Gasteiger partial charge in [0.25, 0.3) is 5.56 Å². The fourth-order valence-corrected chi connectivity index (χ4v) is 1.59. The summed E-state index contributed by atoms with van der Waals surface area (Å²) >= 11 is 0. The van der Waals surface area contributed by atoms with Crippen molar-refractivity contribution in [1.82, 2.24) is 9.55 Å². The standard InChI is InChI=1S/C10H12N2O4/c1-5-4-12(10(15)11-9(5)14)8-3-7(13)6(2)16-8/h4,7-8,13H,2-3H2,1H3,(H,11,14,15)/t7?,8-/m1/s1. The van der Waals surface area contributed by atoms with Crippen molar-refractivity contribution < 1.29 is 9.84 Å². The van der Waals surface area contributed by atoms with Crippen LogP contribution in [0.15, 0.2) is 28.1 Å². The smallest absolute Gasteiger partial charge is 0.331 e. The molecule has 6 nitrogen and oxygen atoms in total. The molecule has 1 aliphatic rings. The van der Waals surface area contributed by atoms with Gasteiger partial charge in [-0.25, -0.2) is 4.79 Å². The molecule has 1 fully saturated rings. The maximum atomic E-state index is 11.5. The largest absolute Gasteiger partial charge is 0.472 e. The SMILES string of the molecule is C=C1O[C@@H](n2cc(C)c(=O)[nH]c2=O)CC1O. The number of hydrogen-bond acceptors (Lipinski definition) is 4. The van der Waals surface area contributed by atoms with Crippen molar-refractivity contribution in [2.75, 3.05) is 0 Å². The van der Waals surface area contributed by atoms with Gasteiger partial charge >= 0.3 is 5.69 Å². The molecule has 1 unspecified atom stereocenters. The Morgan fingerprint density at radius 1 is 1.62 bits per heavy atom. The van der Waals surface area contributed by atoms with Gasteiger partial charge in [-0.05, 0) is 6.92 Å². The van der Waals surface area contributed by atoms with Crippen LogP contribution >= 0.6 is 0 Å². The van der Waals surface area contributed by atoms with Crippen molar-refractivity contribution in [3.63, 3.8) is 0 Å². The Hall–Kier alpha value is -1.82. The molecular weight excluding hydrogens is 212 g/mol. The topological polar surface area (TPSA) is 84.3 Å². The van der Waals surface area contributed by atoms with Crippen molar-refractivity contribution in [3.05, 3.63) is 44.9 Å². The molecule has 2 rings (SSSR count). The number of aromatic nitrogens is 2. The van der Waals surface area contributed by atoms with Crippen LogP contribution in [0.1, 0.15) is 18.2 Å². The molecule has 1 saturated heterocycles. The molecule has 0 amide bonds. The van der Waals surface area contributed by atoms with Gasteiger partial charge in [0.1, 0.15) is 11.9 Å². The zero-order valence-corrected chi connectivity index (χ0v) is 8.77. The number of H-pyrrole nitrogens is 1. The molecule has 0 bridgehead atoms. The molecule has 0 aromatic carbocycles. The molecule has 6 heteroatoms. The maximum absolute atomic E-state index is 11.5. The minimum atomic E-state index is -0.774. The summed E-state index contributed by atoms with van der Waals surface area (Å²) in [4.78, 5) is 24.8. The molecule has 2 N–H and O–H groups in total. The van der Waals surface area contributed by atoms with Crippen LogP contribution in [0.4, 0.5) is 0 Å². The van der Waals surface area contributed by atoms with Crippen molar-refractivity contribution in [1.29, 1.82) is 0 Å². The fraction of sp³-hybridized carbons (Fsp3) is 0.400. The van der Waals surface area contributed by atoms with Crippen LogP contribution in [-0.2, 0) is 4.74 Å². The number of aryl methyl sites for hydroxylation is 1. The Balaban J connectivity index is 2.43. The number of aromatic amines is 1. The van der Waals surface area contributed by atoms with Gasteiger partial charge in [0.05, 0.1) is 0 Å². The van der Waals surface area contributed by atoms with E-state index in [2.05, 4.69) is 11.6 Å². The molecule has 1 aromatic rings. The summed E-state index contributed by atoms with van der Waals surface area (Å²) in [5.74, 6) is 0.237. The van der Waals surface area contributed by atoms with Gasteiger partial charge in [0.2, 0.25) is 0 Å². The Bertz CT molecular complexity index is 542. The lowest BCUT2D eigenvalue weighted by molar-refractivity contribution is 0.0932. The number of nitrogens with zero attached hydrogens (tertiary/aromatic N) is 1. The second-order valence-electron chi connectivity index (χ2n) is 3.77. The van der Waals surface area contributed by atoms with Gasteiger partial charge in [-0.3, -0.25) is 14.3 Å². The third-order valence-electron chi connectivity index (χ3n) is 2.54. The summed E-state index contributed by atoms with van der Waals surface area (Å²) in [5, 5.41) is 9.43. The van der Waals surface area contributed by atoms with Crippen LogP contribution in [0.25, 0.3) is 0 Å². The summed E-state index contributed by atoms with van der Waals surface area (Å²) in [5.41, 5.74) is -0.559. The van der Waals surface area contributed by atoms with Crippen molar-refractivity contribution in [2.45, 2.75) is 25.7 Å². The summed E-state index contributed by atoms with van der Waals surface area (Å²) in [6.45, 7) is 5.11. The fourth-order valence-electron chi connectivity index (χ4n) is 1.59. The molecule has 16 heavy (non-hydrogen) atoms. The number of aliphatic hydroxyl groups is 1. The molecular formula is C10H12N2O4. The normalized spacial score (nSPS) is 24.5. The number of nitrogens with one attached hydrogen (secondary N) is 1. The van der Waals surface area contributed by atoms with E-state index in [0.29, 0.717) is 5.56 Å². The van der Waals surface area contributed by atoms with Crippen LogP contribution < -0.4 is 11.2 Å². The highest BCUT2D eigenvalue weighted by atomic mass is 16.5. The van der Waals surface area contributed by atoms with Gasteiger partial charge in [-0.15, -0.1) is 0 Å². The highest BCUT2D eigenvalue weighted by Gasteiger charge is 2.30. The minimum absolute atomic E-state index is 0.237. The van der Waals surface area contributed by atoms with Crippen LogP contribution in [0.3, 0.4) is 0 Å². The first-order valence-corrected chi connectivity index (χ1v) is 4.84. The first-order chi connectivity index (χ1) is 7.49. The van der Waals surface area contributed by atoms with Crippen LogP contribution in [0.2, 0.25) is 0 Å². The van der Waals surface area contributed by atoms with E-state index in [1.165, 1.54) is 10.8 Å². The molecule has 0 saturated carbocycles. The van der Waals surface area contributed by atoms with Gasteiger partial charge in [-0.2, -0.15) is 0 Å². The highest BCUT2D eigenvalue weighted by molar-refractivity contribution is 5.04. The Morgan fingerprint density at radius 2 is 2.31 bits per heavy atom. The Morgan fingerprint density at radius 3 is 2.88 bits per heavy atom. The van der Waals surface area contributed by atoms with E-state index in [-0.39, 0.29) is 12.2 Å². The zero-order chi connectivity index (χ0) is 11.9. The summed E-state index contributed by atoms with van der Waals surface area (Å²) in [6.07, 6.45) is 0.288. The maximum Gasteiger partial charge on any atom is 0.331 e. The number of rotatable bonds is 1. The van der Waals surface area contributed by atoms with Gasteiger partial charge < -0.3 is 9.84 Å². The molecule has 1 aromatic heterocycles. The number of aliphatic hydroxyl groups excluding tert-OH is 1. The lowest BCUT2D eigenvalue weighted by atomic mass is 10.2. The first kappa shape index (κ1) is 10.7. The third kappa shape index (κ3) is 1.67. The Labute approximate surface area is 90.8 Å². The van der Waals surface area contributed by atoms with Gasteiger partial charge in [0.15, 0.2) is 6.23 Å². The molecule has 0 spiro atoms. The Kier molecular flexibility index (Phi) is 2.43.